The second-order valence-corrected chi connectivity index (χ2v) is 11.8. The van der Waals surface area contributed by atoms with Gasteiger partial charge in [0.15, 0.2) is 0 Å². The van der Waals surface area contributed by atoms with E-state index in [2.05, 4.69) is 4.98 Å². The zero-order valence-corrected chi connectivity index (χ0v) is 22.2. The minimum absolute atomic E-state index is 0.122. The molecular weight excluding hydrogens is 542 g/mol. The molecule has 0 aliphatic carbocycles. The average molecular weight is 566 g/mol. The molecule has 3 aliphatic heterocycles. The first-order valence-electron chi connectivity index (χ1n) is 12.6. The number of hydrogen-bond donors (Lipinski definition) is 0. The molecule has 2 unspecified atom stereocenters. The van der Waals surface area contributed by atoms with E-state index in [1.165, 1.54) is 28.8 Å². The first-order valence-corrected chi connectivity index (χ1v) is 14.2. The third-order valence-electron chi connectivity index (χ3n) is 7.41. The van der Waals surface area contributed by atoms with E-state index >= 15 is 0 Å². The van der Waals surface area contributed by atoms with Gasteiger partial charge in [-0.3, -0.25) is 38.8 Å². The molecule has 3 amide bonds. The van der Waals surface area contributed by atoms with Crippen LogP contribution in [0, 0.1) is 16.0 Å². The van der Waals surface area contributed by atoms with Crippen LogP contribution in [0.4, 0.5) is 11.4 Å². The number of nitro benzene ring substituents is 1. The first-order chi connectivity index (χ1) is 18.8. The number of likely N-dealkylation sites (tertiary alicyclic amines) is 1. The molecule has 2 saturated heterocycles. The summed E-state index contributed by atoms with van der Waals surface area (Å²) in [6, 6.07) is 8.83. The summed E-state index contributed by atoms with van der Waals surface area (Å²) < 4.78 is 1.44. The molecule has 3 atom stereocenters. The molecule has 1 aromatic carbocycles. The van der Waals surface area contributed by atoms with Crippen molar-refractivity contribution in [3.8, 4) is 0 Å². The number of piperidine rings is 1. The Balaban J connectivity index is 1.40. The molecule has 5 heterocycles. The normalized spacial score (nSPS) is 22.5. The Morgan fingerprint density at radius 1 is 1.05 bits per heavy atom. The van der Waals surface area contributed by atoms with E-state index in [4.69, 9.17) is 0 Å². The van der Waals surface area contributed by atoms with Gasteiger partial charge in [0, 0.05) is 48.4 Å². The van der Waals surface area contributed by atoms with Crippen molar-refractivity contribution in [3.63, 3.8) is 0 Å². The van der Waals surface area contributed by atoms with Crippen LogP contribution in [0.2, 0.25) is 0 Å². The number of non-ortho nitro benzene ring substituents is 1. The van der Waals surface area contributed by atoms with E-state index in [9.17, 15) is 29.3 Å². The van der Waals surface area contributed by atoms with Crippen molar-refractivity contribution < 1.29 is 19.3 Å². The number of aromatic nitrogens is 2. The molecular formula is C26H23N5O6S2. The molecule has 0 N–H and O–H groups in total. The molecule has 0 bridgehead atoms. The van der Waals surface area contributed by atoms with E-state index < -0.39 is 33.8 Å². The first kappa shape index (κ1) is 25.4. The lowest BCUT2D eigenvalue weighted by Crippen LogP contribution is -2.39. The molecule has 13 heteroatoms. The zero-order valence-electron chi connectivity index (χ0n) is 20.6. The van der Waals surface area contributed by atoms with Crippen molar-refractivity contribution in [2.75, 3.05) is 18.0 Å². The lowest BCUT2D eigenvalue weighted by atomic mass is 9.84. The Morgan fingerprint density at radius 3 is 2.46 bits per heavy atom. The van der Waals surface area contributed by atoms with Crippen LogP contribution in [0.3, 0.4) is 0 Å². The Hall–Kier alpha value is -3.84. The third-order valence-corrected chi connectivity index (χ3v) is 10.0. The molecule has 200 valence electrons. The molecule has 2 fully saturated rings. The molecule has 0 spiro atoms. The third kappa shape index (κ3) is 4.35. The topological polar surface area (TPSA) is 136 Å². The second-order valence-electron chi connectivity index (χ2n) is 9.68. The number of thioether (sulfide) groups is 1. The van der Waals surface area contributed by atoms with Crippen LogP contribution in [0.15, 0.2) is 58.6 Å². The monoisotopic (exact) mass is 565 g/mol. The van der Waals surface area contributed by atoms with E-state index in [1.54, 1.807) is 23.4 Å². The van der Waals surface area contributed by atoms with Gasteiger partial charge in [-0.2, -0.15) is 0 Å². The highest BCUT2D eigenvalue weighted by atomic mass is 32.2. The molecule has 0 radical (unpaired) electrons. The summed E-state index contributed by atoms with van der Waals surface area (Å²) in [7, 11) is 0. The maximum absolute atomic E-state index is 13.8. The fourth-order valence-corrected chi connectivity index (χ4v) is 8.30. The summed E-state index contributed by atoms with van der Waals surface area (Å²) in [5, 5.41) is 10.8. The highest BCUT2D eigenvalue weighted by Gasteiger charge is 2.57. The van der Waals surface area contributed by atoms with E-state index in [1.807, 2.05) is 6.07 Å². The van der Waals surface area contributed by atoms with Crippen LogP contribution in [0.5, 0.6) is 0 Å². The number of fused-ring (bicyclic) bond motifs is 2. The van der Waals surface area contributed by atoms with Crippen LogP contribution in [0.25, 0.3) is 0 Å². The number of carbonyl (C=O) groups excluding carboxylic acids is 3. The summed E-state index contributed by atoms with van der Waals surface area (Å²) in [4.78, 5) is 71.8. The lowest BCUT2D eigenvalue weighted by Gasteiger charge is -2.31. The van der Waals surface area contributed by atoms with E-state index in [0.717, 1.165) is 47.3 Å². The number of carbonyl (C=O) groups is 3. The van der Waals surface area contributed by atoms with Gasteiger partial charge in [-0.15, -0.1) is 0 Å². The second kappa shape index (κ2) is 10.0. The van der Waals surface area contributed by atoms with Gasteiger partial charge in [-0.25, -0.2) is 4.90 Å². The zero-order chi connectivity index (χ0) is 27.3. The molecule has 11 nitrogen and oxygen atoms in total. The van der Waals surface area contributed by atoms with Gasteiger partial charge in [0.05, 0.1) is 21.6 Å². The van der Waals surface area contributed by atoms with Gasteiger partial charge in [-0.05, 0) is 43.0 Å². The van der Waals surface area contributed by atoms with Crippen LogP contribution in [-0.4, -0.2) is 55.4 Å². The Kier molecular flexibility index (Phi) is 6.55. The smallest absolute Gasteiger partial charge is 0.308 e. The average Bonchev–Trinajstić information content (AvgIpc) is 3.40. The maximum Gasteiger partial charge on any atom is 0.308 e. The predicted octanol–water partition coefficient (Wildman–Crippen LogP) is 3.02. The van der Waals surface area contributed by atoms with Crippen molar-refractivity contribution >= 4 is 52.2 Å². The molecule has 39 heavy (non-hydrogen) atoms. The fraction of sp³-hybridized carbons (Fsp3) is 0.346. The van der Waals surface area contributed by atoms with Crippen molar-refractivity contribution in [1.29, 1.82) is 0 Å². The largest absolute Gasteiger partial charge is 0.341 e. The van der Waals surface area contributed by atoms with Crippen molar-refractivity contribution in [2.45, 2.75) is 42.0 Å². The number of anilines is 1. The van der Waals surface area contributed by atoms with E-state index in [0.29, 0.717) is 28.6 Å². The molecule has 3 aromatic rings. The van der Waals surface area contributed by atoms with E-state index in [-0.39, 0.29) is 28.7 Å². The van der Waals surface area contributed by atoms with Crippen LogP contribution >= 0.6 is 23.1 Å². The number of amides is 3. The number of hydrogen-bond acceptors (Lipinski definition) is 9. The van der Waals surface area contributed by atoms with Gasteiger partial charge in [0.1, 0.15) is 11.8 Å². The van der Waals surface area contributed by atoms with Crippen LogP contribution in [0.1, 0.15) is 35.6 Å². The van der Waals surface area contributed by atoms with Crippen molar-refractivity contribution in [1.82, 2.24) is 14.5 Å². The number of nitro groups is 1. The van der Waals surface area contributed by atoms with Gasteiger partial charge in [-0.1, -0.05) is 29.2 Å². The summed E-state index contributed by atoms with van der Waals surface area (Å²) in [5.74, 6) is -2.46. The number of pyridine rings is 1. The minimum Gasteiger partial charge on any atom is -0.341 e. The lowest BCUT2D eigenvalue weighted by molar-refractivity contribution is -0.384. The Morgan fingerprint density at radius 2 is 1.79 bits per heavy atom. The van der Waals surface area contributed by atoms with Gasteiger partial charge in [0.25, 0.3) is 5.69 Å². The highest BCUT2D eigenvalue weighted by molar-refractivity contribution is 8.00. The number of imide groups is 1. The predicted molar refractivity (Wildman–Crippen MR) is 144 cm³/mol. The minimum atomic E-state index is -0.837. The van der Waals surface area contributed by atoms with Gasteiger partial charge in [0.2, 0.25) is 17.7 Å². The number of benzene rings is 1. The summed E-state index contributed by atoms with van der Waals surface area (Å²) in [6.07, 6.45) is 6.17. The molecule has 3 aliphatic rings. The quantitative estimate of drug-likeness (QED) is 0.262. The van der Waals surface area contributed by atoms with Crippen LogP contribution in [-0.2, 0) is 20.9 Å². The van der Waals surface area contributed by atoms with Gasteiger partial charge >= 0.3 is 4.87 Å². The van der Waals surface area contributed by atoms with Gasteiger partial charge < -0.3 is 4.90 Å². The number of rotatable bonds is 5. The van der Waals surface area contributed by atoms with Crippen molar-refractivity contribution in [2.24, 2.45) is 5.92 Å². The fourth-order valence-electron chi connectivity index (χ4n) is 5.53. The Labute approximate surface area is 230 Å². The maximum atomic E-state index is 13.8. The molecule has 6 rings (SSSR count). The Bertz CT molecular complexity index is 1530. The molecule has 2 aromatic heterocycles. The number of nitrogens with zero attached hydrogens (tertiary/aromatic N) is 5. The summed E-state index contributed by atoms with van der Waals surface area (Å²) >= 11 is 2.14. The summed E-state index contributed by atoms with van der Waals surface area (Å²) in [6.45, 7) is 1.20. The van der Waals surface area contributed by atoms with Crippen molar-refractivity contribution in [3.05, 3.63) is 79.0 Å². The molecule has 0 saturated carbocycles. The standard InChI is InChI=1S/C26H23N5O6S2/c32-18(28-11-2-1-3-12-28)14-29-25-22(39-26(29)35)19(15-5-4-10-27-13-15)20-21(38-25)24(34)30(23(20)33)16-6-8-17(9-7-16)31(36)37/h4-10,13,19-21H,1-3,11-12,14H2/t19-,20?,21?/m0/s1. The summed E-state index contributed by atoms with van der Waals surface area (Å²) in [5.41, 5.74) is 0.788. The highest BCUT2D eigenvalue weighted by Crippen LogP contribution is 2.53. The number of thiazole rings is 1. The SMILES string of the molecule is O=C(Cn1c2c(sc1=O)[C@@H](c1cccnc1)C1C(=O)N(c3ccc([N+](=O)[O-])cc3)C(=O)C1S2)N1CCCCC1. The van der Waals surface area contributed by atoms with Crippen LogP contribution < -0.4 is 9.77 Å².